The molecule has 3 aromatic carbocycles. The van der Waals surface area contributed by atoms with Crippen LogP contribution in [0.25, 0.3) is 45.6 Å². The molecule has 0 radical (unpaired) electrons. The molecule has 1 unspecified atom stereocenters. The maximum Gasteiger partial charge on any atom is 0.164 e. The van der Waals surface area contributed by atoms with Crippen LogP contribution in [0.3, 0.4) is 0 Å². The van der Waals surface area contributed by atoms with E-state index in [9.17, 15) is 0 Å². The van der Waals surface area contributed by atoms with Crippen molar-refractivity contribution in [2.45, 2.75) is 32.7 Å². The number of aromatic nitrogens is 5. The molecule has 1 atom stereocenters. The fourth-order valence-electron chi connectivity index (χ4n) is 6.27. The molecule has 3 aromatic heterocycles. The van der Waals surface area contributed by atoms with Gasteiger partial charge in [0.15, 0.2) is 11.5 Å². The van der Waals surface area contributed by atoms with Crippen LogP contribution in [0.5, 0.6) is 0 Å². The zero-order chi connectivity index (χ0) is 25.9. The van der Waals surface area contributed by atoms with Crippen LogP contribution in [0.15, 0.2) is 79.4 Å². The third kappa shape index (κ3) is 3.76. The van der Waals surface area contributed by atoms with E-state index in [-0.39, 0.29) is 0 Å². The van der Waals surface area contributed by atoms with Gasteiger partial charge < -0.3 is 4.57 Å². The lowest BCUT2D eigenvalue weighted by atomic mass is 9.85. The number of rotatable bonds is 3. The summed E-state index contributed by atoms with van der Waals surface area (Å²) in [4.78, 5) is 18.7. The first kappa shape index (κ1) is 22.4. The molecule has 6 aromatic rings. The molecule has 5 nitrogen and oxygen atoms in total. The van der Waals surface area contributed by atoms with Crippen molar-refractivity contribution in [3.8, 4) is 11.4 Å². The van der Waals surface area contributed by atoms with Crippen molar-refractivity contribution in [2.75, 3.05) is 0 Å². The van der Waals surface area contributed by atoms with Crippen molar-refractivity contribution in [3.63, 3.8) is 0 Å². The van der Waals surface area contributed by atoms with Crippen LogP contribution in [0.2, 0.25) is 0 Å². The predicted molar refractivity (Wildman–Crippen MR) is 155 cm³/mol. The summed E-state index contributed by atoms with van der Waals surface area (Å²) in [5, 5.41) is 6.50. The van der Waals surface area contributed by atoms with E-state index in [1.54, 1.807) is 5.56 Å². The second kappa shape index (κ2) is 8.70. The van der Waals surface area contributed by atoms with Crippen LogP contribution < -0.4 is 10.4 Å². The molecule has 0 bridgehead atoms. The molecule has 0 fully saturated rings. The van der Waals surface area contributed by atoms with Gasteiger partial charge in [0.05, 0.1) is 24.6 Å². The van der Waals surface area contributed by atoms with Gasteiger partial charge >= 0.3 is 0 Å². The molecule has 0 amide bonds. The van der Waals surface area contributed by atoms with E-state index in [4.69, 9.17) is 4.98 Å². The van der Waals surface area contributed by atoms with E-state index in [0.29, 0.717) is 12.5 Å². The molecule has 0 spiro atoms. The highest BCUT2D eigenvalue weighted by molar-refractivity contribution is 5.79. The smallest absolute Gasteiger partial charge is 0.164 e. The maximum atomic E-state index is 4.98. The molecule has 0 saturated carbocycles. The van der Waals surface area contributed by atoms with E-state index in [0.717, 1.165) is 39.9 Å². The van der Waals surface area contributed by atoms with Crippen molar-refractivity contribution in [1.82, 2.24) is 24.5 Å². The number of benzene rings is 3. The predicted octanol–water partition coefficient (Wildman–Crippen LogP) is 5.08. The zero-order valence-corrected chi connectivity index (χ0v) is 21.8. The molecule has 188 valence electrons. The maximum absolute atomic E-state index is 4.98. The fraction of sp³-hybridized carbons (Fsp3) is 0.176. The minimum absolute atomic E-state index is 0.663. The minimum Gasteiger partial charge on any atom is -0.311 e. The standard InChI is InChI=1S/C34H27N5/c1-21-4-9-27-23(15-21)6-11-30-28-10-8-26(17-24(28)7-12-29(27)30)33-36-18-32-34(38-33)39(20-37-32)19-22-5-13-31-25(16-22)3-2-14-35-31/h2-3,5-8,10-11,13-18,20-21H,4,9,12,19H2,1H3. The summed E-state index contributed by atoms with van der Waals surface area (Å²) in [7, 11) is 0. The monoisotopic (exact) mass is 505 g/mol. The largest absolute Gasteiger partial charge is 0.311 e. The van der Waals surface area contributed by atoms with Crippen molar-refractivity contribution in [3.05, 3.63) is 117 Å². The topological polar surface area (TPSA) is 56.5 Å². The van der Waals surface area contributed by atoms with Crippen LogP contribution in [0, 0.1) is 16.4 Å². The Bertz CT molecular complexity index is 2160. The van der Waals surface area contributed by atoms with Crippen LogP contribution in [0.1, 0.15) is 30.0 Å². The summed E-state index contributed by atoms with van der Waals surface area (Å²) < 4.78 is 2.10. The van der Waals surface area contributed by atoms with E-state index in [1.807, 2.05) is 24.8 Å². The molecule has 39 heavy (non-hydrogen) atoms. The van der Waals surface area contributed by atoms with Crippen molar-refractivity contribution in [1.29, 1.82) is 0 Å². The first-order valence-corrected chi connectivity index (χ1v) is 13.7. The van der Waals surface area contributed by atoms with Gasteiger partial charge in [0.1, 0.15) is 5.52 Å². The summed E-state index contributed by atoms with van der Waals surface area (Å²) in [6.45, 7) is 3.01. The summed E-state index contributed by atoms with van der Waals surface area (Å²) >= 11 is 0. The molecule has 0 aliphatic heterocycles. The van der Waals surface area contributed by atoms with E-state index in [2.05, 4.69) is 93.2 Å². The number of pyridine rings is 1. The first-order chi connectivity index (χ1) is 19.2. The summed E-state index contributed by atoms with van der Waals surface area (Å²) in [6, 6.07) is 21.7. The van der Waals surface area contributed by atoms with Gasteiger partial charge in [-0.3, -0.25) is 4.98 Å². The highest BCUT2D eigenvalue weighted by Crippen LogP contribution is 2.23. The van der Waals surface area contributed by atoms with Crippen LogP contribution in [-0.4, -0.2) is 24.5 Å². The van der Waals surface area contributed by atoms with Crippen LogP contribution in [0.4, 0.5) is 0 Å². The van der Waals surface area contributed by atoms with E-state index < -0.39 is 0 Å². The Kier molecular flexibility index (Phi) is 4.99. The van der Waals surface area contributed by atoms with Crippen molar-refractivity contribution in [2.24, 2.45) is 5.92 Å². The highest BCUT2D eigenvalue weighted by atomic mass is 15.1. The fourth-order valence-corrected chi connectivity index (χ4v) is 6.27. The quantitative estimate of drug-likeness (QED) is 0.337. The normalized spacial score (nSPS) is 15.8. The molecule has 8 rings (SSSR count). The third-order valence-corrected chi connectivity index (χ3v) is 8.29. The molecule has 2 aliphatic carbocycles. The van der Waals surface area contributed by atoms with Gasteiger partial charge in [-0.1, -0.05) is 55.5 Å². The van der Waals surface area contributed by atoms with Gasteiger partial charge in [-0.15, -0.1) is 0 Å². The summed E-state index contributed by atoms with van der Waals surface area (Å²) in [6.07, 6.45) is 13.7. The van der Waals surface area contributed by atoms with Gasteiger partial charge in [0.2, 0.25) is 0 Å². The lowest BCUT2D eigenvalue weighted by Crippen LogP contribution is -2.22. The first-order valence-electron chi connectivity index (χ1n) is 13.7. The Balaban J connectivity index is 1.20. The Morgan fingerprint density at radius 1 is 0.872 bits per heavy atom. The van der Waals surface area contributed by atoms with Crippen LogP contribution >= 0.6 is 0 Å². The van der Waals surface area contributed by atoms with Gasteiger partial charge in [0.25, 0.3) is 0 Å². The SMILES string of the molecule is CC1C=c2ccc3c(c2CC1)CC=c1cc(-c2ncc4ncn(Cc5ccc6ncccc6c5)c4n2)ccc1=3. The number of imidazole rings is 1. The summed E-state index contributed by atoms with van der Waals surface area (Å²) in [5.74, 6) is 1.39. The molecule has 2 aliphatic rings. The molecule has 5 heteroatoms. The second-order valence-electron chi connectivity index (χ2n) is 10.9. The Morgan fingerprint density at radius 2 is 1.82 bits per heavy atom. The third-order valence-electron chi connectivity index (χ3n) is 8.29. The molecule has 0 saturated heterocycles. The molecule has 3 heterocycles. The van der Waals surface area contributed by atoms with E-state index >= 15 is 0 Å². The van der Waals surface area contributed by atoms with Gasteiger partial charge in [-0.25, -0.2) is 15.0 Å². The van der Waals surface area contributed by atoms with Gasteiger partial charge in [-0.2, -0.15) is 0 Å². The minimum atomic E-state index is 0.663. The zero-order valence-electron chi connectivity index (χ0n) is 21.8. The lowest BCUT2D eigenvalue weighted by Gasteiger charge is -2.19. The number of hydrogen-bond donors (Lipinski definition) is 0. The number of nitrogens with zero attached hydrogens (tertiary/aromatic N) is 5. The molecular weight excluding hydrogens is 478 g/mol. The average Bonchev–Trinajstić information content (AvgIpc) is 3.38. The van der Waals surface area contributed by atoms with Crippen molar-refractivity contribution >= 4 is 34.2 Å². The van der Waals surface area contributed by atoms with E-state index in [1.165, 1.54) is 44.8 Å². The van der Waals surface area contributed by atoms with Gasteiger partial charge in [-0.05, 0) is 87.0 Å². The second-order valence-corrected chi connectivity index (χ2v) is 10.9. The Labute approximate surface area is 225 Å². The van der Waals surface area contributed by atoms with Crippen LogP contribution in [-0.2, 0) is 19.4 Å². The lowest BCUT2D eigenvalue weighted by molar-refractivity contribution is 0.656. The average molecular weight is 506 g/mol. The molecule has 0 N–H and O–H groups in total. The molecular formula is C34H27N5. The Hall–Kier alpha value is -4.64. The number of fused-ring (bicyclic) bond motifs is 6. The number of hydrogen-bond acceptors (Lipinski definition) is 4. The van der Waals surface area contributed by atoms with Crippen molar-refractivity contribution < 1.29 is 0 Å². The Morgan fingerprint density at radius 3 is 2.79 bits per heavy atom. The van der Waals surface area contributed by atoms with Gasteiger partial charge in [0, 0.05) is 17.1 Å². The summed E-state index contributed by atoms with van der Waals surface area (Å²) in [5.41, 5.74) is 7.90. The highest BCUT2D eigenvalue weighted by Gasteiger charge is 2.15.